The standard InChI is InChI=1S/C18H24N4O3/c1-11(19)8-21(2)9-12-3-4-14-13(7-12)10-22(18(14)25)15-5-6-16(23)20-17(15)24/h3-4,7,11,15H,5-6,8-10,19H2,1-2H3,(H,20,23,24)/t11-,15?/m1/s1. The number of fused-ring (bicyclic) bond motifs is 1. The number of piperidine rings is 1. The van der Waals surface area contributed by atoms with Crippen molar-refractivity contribution in [2.24, 2.45) is 5.73 Å². The Hall–Kier alpha value is -2.25. The summed E-state index contributed by atoms with van der Waals surface area (Å²) in [7, 11) is 2.01. The quantitative estimate of drug-likeness (QED) is 0.746. The lowest BCUT2D eigenvalue weighted by molar-refractivity contribution is -0.136. The molecule has 1 aromatic rings. The van der Waals surface area contributed by atoms with Crippen molar-refractivity contribution in [3.8, 4) is 0 Å². The van der Waals surface area contributed by atoms with Crippen LogP contribution in [-0.4, -0.2) is 53.2 Å². The average molecular weight is 344 g/mol. The molecule has 0 radical (unpaired) electrons. The summed E-state index contributed by atoms with van der Waals surface area (Å²) in [5.74, 6) is -0.792. The molecule has 2 heterocycles. The van der Waals surface area contributed by atoms with E-state index in [0.29, 0.717) is 18.5 Å². The van der Waals surface area contributed by atoms with E-state index in [1.54, 1.807) is 4.90 Å². The molecule has 3 amide bonds. The lowest BCUT2D eigenvalue weighted by Gasteiger charge is -2.29. The fourth-order valence-electron chi connectivity index (χ4n) is 3.59. The monoisotopic (exact) mass is 344 g/mol. The van der Waals surface area contributed by atoms with Gasteiger partial charge in [0, 0.05) is 37.7 Å². The van der Waals surface area contributed by atoms with Gasteiger partial charge in [-0.3, -0.25) is 19.7 Å². The van der Waals surface area contributed by atoms with E-state index in [1.807, 2.05) is 32.2 Å². The van der Waals surface area contributed by atoms with Crippen LogP contribution in [0.1, 0.15) is 41.3 Å². The van der Waals surface area contributed by atoms with Gasteiger partial charge in [0.2, 0.25) is 11.8 Å². The van der Waals surface area contributed by atoms with Crippen molar-refractivity contribution in [1.29, 1.82) is 0 Å². The second-order valence-electron chi connectivity index (χ2n) is 7.07. The van der Waals surface area contributed by atoms with Crippen LogP contribution in [0, 0.1) is 0 Å². The molecule has 1 fully saturated rings. The van der Waals surface area contributed by atoms with Crippen molar-refractivity contribution < 1.29 is 14.4 Å². The molecule has 7 nitrogen and oxygen atoms in total. The largest absolute Gasteiger partial charge is 0.327 e. The summed E-state index contributed by atoms with van der Waals surface area (Å²) in [6.45, 7) is 3.92. The van der Waals surface area contributed by atoms with Gasteiger partial charge in [-0.2, -0.15) is 0 Å². The minimum atomic E-state index is -0.568. The maximum Gasteiger partial charge on any atom is 0.255 e. The molecule has 0 spiro atoms. The molecule has 134 valence electrons. The first kappa shape index (κ1) is 17.6. The summed E-state index contributed by atoms with van der Waals surface area (Å²) in [4.78, 5) is 39.7. The van der Waals surface area contributed by atoms with Gasteiger partial charge >= 0.3 is 0 Å². The SMILES string of the molecule is C[C@@H](N)CN(C)Cc1ccc2c(c1)CN(C1CCC(=O)NC1=O)C2=O. The molecule has 25 heavy (non-hydrogen) atoms. The number of hydrogen-bond donors (Lipinski definition) is 2. The van der Waals surface area contributed by atoms with Crippen LogP contribution in [-0.2, 0) is 22.7 Å². The average Bonchev–Trinajstić information content (AvgIpc) is 2.83. The maximum absolute atomic E-state index is 12.6. The Bertz CT molecular complexity index is 716. The number of hydrogen-bond acceptors (Lipinski definition) is 5. The molecule has 1 saturated heterocycles. The van der Waals surface area contributed by atoms with Crippen LogP contribution in [0.2, 0.25) is 0 Å². The van der Waals surface area contributed by atoms with E-state index in [4.69, 9.17) is 5.73 Å². The third-order valence-electron chi connectivity index (χ3n) is 4.64. The predicted molar refractivity (Wildman–Crippen MR) is 92.5 cm³/mol. The lowest BCUT2D eigenvalue weighted by atomic mass is 10.0. The second kappa shape index (κ2) is 6.93. The van der Waals surface area contributed by atoms with Crippen molar-refractivity contribution in [2.45, 2.75) is 44.9 Å². The Balaban J connectivity index is 1.73. The number of nitrogens with zero attached hydrogens (tertiary/aromatic N) is 2. The molecule has 0 aromatic heterocycles. The summed E-state index contributed by atoms with van der Waals surface area (Å²) < 4.78 is 0. The molecular formula is C18H24N4O3. The molecule has 2 aliphatic heterocycles. The minimum Gasteiger partial charge on any atom is -0.327 e. The highest BCUT2D eigenvalue weighted by molar-refractivity contribution is 6.05. The Morgan fingerprint density at radius 1 is 1.36 bits per heavy atom. The van der Waals surface area contributed by atoms with E-state index >= 15 is 0 Å². The van der Waals surface area contributed by atoms with Gasteiger partial charge in [0.1, 0.15) is 6.04 Å². The lowest BCUT2D eigenvalue weighted by Crippen LogP contribution is -2.52. The predicted octanol–water partition coefficient (Wildman–Crippen LogP) is 0.227. The number of rotatable bonds is 5. The highest BCUT2D eigenvalue weighted by atomic mass is 16.2. The highest BCUT2D eigenvalue weighted by Gasteiger charge is 2.39. The fraction of sp³-hybridized carbons (Fsp3) is 0.500. The molecule has 2 aliphatic rings. The fourth-order valence-corrected chi connectivity index (χ4v) is 3.59. The smallest absolute Gasteiger partial charge is 0.255 e. The summed E-state index contributed by atoms with van der Waals surface area (Å²) in [5.41, 5.74) is 8.51. The molecule has 2 atom stereocenters. The van der Waals surface area contributed by atoms with Crippen LogP contribution < -0.4 is 11.1 Å². The van der Waals surface area contributed by atoms with E-state index in [1.165, 1.54) is 0 Å². The topological polar surface area (TPSA) is 95.7 Å². The third-order valence-corrected chi connectivity index (χ3v) is 4.64. The molecule has 0 bridgehead atoms. The molecule has 7 heteroatoms. The summed E-state index contributed by atoms with van der Waals surface area (Å²) in [6.07, 6.45) is 0.651. The summed E-state index contributed by atoms with van der Waals surface area (Å²) in [6, 6.07) is 5.34. The molecular weight excluding hydrogens is 320 g/mol. The number of imide groups is 1. The van der Waals surface area contributed by atoms with Crippen molar-refractivity contribution in [1.82, 2.24) is 15.1 Å². The van der Waals surface area contributed by atoms with Gasteiger partial charge in [0.25, 0.3) is 5.91 Å². The van der Waals surface area contributed by atoms with Crippen molar-refractivity contribution in [3.63, 3.8) is 0 Å². The number of nitrogens with two attached hydrogens (primary N) is 1. The van der Waals surface area contributed by atoms with Gasteiger partial charge in [-0.25, -0.2) is 0 Å². The Morgan fingerprint density at radius 2 is 2.12 bits per heavy atom. The van der Waals surface area contributed by atoms with E-state index in [-0.39, 0.29) is 30.2 Å². The van der Waals surface area contributed by atoms with Gasteiger partial charge in [0.05, 0.1) is 0 Å². The molecule has 0 saturated carbocycles. The Kier molecular flexibility index (Phi) is 4.87. The van der Waals surface area contributed by atoms with Crippen LogP contribution >= 0.6 is 0 Å². The van der Waals surface area contributed by atoms with Gasteiger partial charge < -0.3 is 15.5 Å². The van der Waals surface area contributed by atoms with Gasteiger partial charge in [-0.15, -0.1) is 0 Å². The zero-order valence-corrected chi connectivity index (χ0v) is 14.6. The zero-order chi connectivity index (χ0) is 18.1. The van der Waals surface area contributed by atoms with Crippen LogP contribution in [0.4, 0.5) is 0 Å². The highest BCUT2D eigenvalue weighted by Crippen LogP contribution is 2.28. The normalized spacial score (nSPS) is 21.5. The maximum atomic E-state index is 12.6. The van der Waals surface area contributed by atoms with Crippen molar-refractivity contribution in [2.75, 3.05) is 13.6 Å². The first-order chi connectivity index (χ1) is 11.8. The molecule has 1 unspecified atom stereocenters. The van der Waals surface area contributed by atoms with Crippen molar-refractivity contribution in [3.05, 3.63) is 34.9 Å². The summed E-state index contributed by atoms with van der Waals surface area (Å²) >= 11 is 0. The number of carbonyl (C=O) groups is 3. The second-order valence-corrected chi connectivity index (χ2v) is 7.07. The number of carbonyl (C=O) groups excluding carboxylic acids is 3. The Morgan fingerprint density at radius 3 is 2.80 bits per heavy atom. The van der Waals surface area contributed by atoms with E-state index in [0.717, 1.165) is 24.2 Å². The van der Waals surface area contributed by atoms with E-state index in [9.17, 15) is 14.4 Å². The zero-order valence-electron chi connectivity index (χ0n) is 14.6. The third kappa shape index (κ3) is 3.72. The molecule has 3 rings (SSSR count). The van der Waals surface area contributed by atoms with Crippen LogP contribution in [0.3, 0.4) is 0 Å². The number of nitrogens with one attached hydrogen (secondary N) is 1. The van der Waals surface area contributed by atoms with E-state index < -0.39 is 6.04 Å². The van der Waals surface area contributed by atoms with Gasteiger partial charge in [-0.1, -0.05) is 12.1 Å². The van der Waals surface area contributed by atoms with Gasteiger partial charge in [-0.05, 0) is 37.6 Å². The number of likely N-dealkylation sites (N-methyl/N-ethyl adjacent to an activating group) is 1. The van der Waals surface area contributed by atoms with Crippen LogP contribution in [0.15, 0.2) is 18.2 Å². The van der Waals surface area contributed by atoms with Crippen LogP contribution in [0.5, 0.6) is 0 Å². The van der Waals surface area contributed by atoms with Gasteiger partial charge in [0.15, 0.2) is 0 Å². The summed E-state index contributed by atoms with van der Waals surface area (Å²) in [5, 5.41) is 2.32. The molecule has 3 N–H and O–H groups in total. The first-order valence-corrected chi connectivity index (χ1v) is 8.55. The molecule has 1 aromatic carbocycles. The first-order valence-electron chi connectivity index (χ1n) is 8.55. The molecule has 0 aliphatic carbocycles. The van der Waals surface area contributed by atoms with Crippen molar-refractivity contribution >= 4 is 17.7 Å². The Labute approximate surface area is 147 Å². The number of benzene rings is 1. The minimum absolute atomic E-state index is 0.101. The van der Waals surface area contributed by atoms with Crippen LogP contribution in [0.25, 0.3) is 0 Å². The number of amides is 3. The van der Waals surface area contributed by atoms with E-state index in [2.05, 4.69) is 10.2 Å².